The van der Waals surface area contributed by atoms with Crippen LogP contribution in [-0.4, -0.2) is 18.5 Å². The van der Waals surface area contributed by atoms with Gasteiger partial charge in [-0.15, -0.1) is 12.4 Å². The van der Waals surface area contributed by atoms with Crippen LogP contribution in [0.25, 0.3) is 0 Å². The average Bonchev–Trinajstić information content (AvgIpc) is 2.40. The molecule has 2 atom stereocenters. The second-order valence-electron chi connectivity index (χ2n) is 5.12. The van der Waals surface area contributed by atoms with Gasteiger partial charge in [-0.25, -0.2) is 0 Å². The second-order valence-corrected chi connectivity index (χ2v) is 5.12. The lowest BCUT2D eigenvalue weighted by Crippen LogP contribution is -2.45. The Balaban J connectivity index is 0.00000180. The fourth-order valence-corrected chi connectivity index (χ4v) is 2.72. The first kappa shape index (κ1) is 16.0. The van der Waals surface area contributed by atoms with Crippen LogP contribution in [0.5, 0.6) is 0 Å². The number of benzene rings is 1. The molecule has 1 amide bonds. The molecule has 0 radical (unpaired) electrons. The number of nitrogens with two attached hydrogens (primary N) is 1. The molecule has 106 valence electrons. The Labute approximate surface area is 121 Å². The van der Waals surface area contributed by atoms with Gasteiger partial charge in [0.05, 0.1) is 6.42 Å². The first-order valence-corrected chi connectivity index (χ1v) is 6.83. The summed E-state index contributed by atoms with van der Waals surface area (Å²) in [5.74, 6) is 0.574. The van der Waals surface area contributed by atoms with Gasteiger partial charge in [0.2, 0.25) is 5.91 Å². The topological polar surface area (TPSA) is 55.1 Å². The lowest BCUT2D eigenvalue weighted by atomic mass is 9.84. The molecule has 0 spiro atoms. The number of carbonyl (C=O) groups is 1. The van der Waals surface area contributed by atoms with Crippen LogP contribution in [0.4, 0.5) is 0 Å². The first-order chi connectivity index (χ1) is 8.79. The van der Waals surface area contributed by atoms with Crippen molar-refractivity contribution in [2.75, 3.05) is 6.54 Å². The third-order valence-corrected chi connectivity index (χ3v) is 3.77. The van der Waals surface area contributed by atoms with Gasteiger partial charge in [-0.2, -0.15) is 0 Å². The van der Waals surface area contributed by atoms with Crippen molar-refractivity contribution in [1.82, 2.24) is 5.32 Å². The van der Waals surface area contributed by atoms with Gasteiger partial charge in [-0.05, 0) is 30.9 Å². The molecule has 2 rings (SSSR count). The molecular weight excluding hydrogens is 260 g/mol. The molecule has 1 aliphatic rings. The number of hydrogen-bond donors (Lipinski definition) is 2. The number of rotatable bonds is 4. The van der Waals surface area contributed by atoms with Crippen molar-refractivity contribution < 1.29 is 4.79 Å². The fourth-order valence-electron chi connectivity index (χ4n) is 2.72. The van der Waals surface area contributed by atoms with Gasteiger partial charge in [-0.3, -0.25) is 4.79 Å². The predicted molar refractivity (Wildman–Crippen MR) is 80.3 cm³/mol. The Kier molecular flexibility index (Phi) is 6.89. The summed E-state index contributed by atoms with van der Waals surface area (Å²) in [6.45, 7) is 0.677. The highest BCUT2D eigenvalue weighted by Gasteiger charge is 2.25. The maximum Gasteiger partial charge on any atom is 0.224 e. The van der Waals surface area contributed by atoms with Crippen LogP contribution in [0.15, 0.2) is 30.3 Å². The molecular formula is C15H23ClN2O. The van der Waals surface area contributed by atoms with Crippen molar-refractivity contribution in [3.63, 3.8) is 0 Å². The van der Waals surface area contributed by atoms with Crippen LogP contribution in [0, 0.1) is 5.92 Å². The summed E-state index contributed by atoms with van der Waals surface area (Å²) in [4.78, 5) is 12.0. The van der Waals surface area contributed by atoms with E-state index in [1.165, 1.54) is 12.8 Å². The summed E-state index contributed by atoms with van der Waals surface area (Å²) in [5.41, 5.74) is 6.84. The molecule has 1 aromatic rings. The van der Waals surface area contributed by atoms with Gasteiger partial charge in [0.15, 0.2) is 0 Å². The predicted octanol–water partition coefficient (Wildman–Crippen LogP) is 2.28. The van der Waals surface area contributed by atoms with Crippen LogP contribution < -0.4 is 11.1 Å². The van der Waals surface area contributed by atoms with Crippen molar-refractivity contribution in [2.45, 2.75) is 38.1 Å². The summed E-state index contributed by atoms with van der Waals surface area (Å²) in [6.07, 6.45) is 5.13. The van der Waals surface area contributed by atoms with E-state index in [0.717, 1.165) is 18.4 Å². The molecule has 4 heteroatoms. The molecule has 3 N–H and O–H groups in total. The molecule has 1 saturated carbocycles. The third kappa shape index (κ3) is 4.84. The first-order valence-electron chi connectivity index (χ1n) is 6.83. The lowest BCUT2D eigenvalue weighted by Gasteiger charge is -2.31. The van der Waals surface area contributed by atoms with Crippen LogP contribution in [0.1, 0.15) is 31.2 Å². The zero-order chi connectivity index (χ0) is 12.8. The summed E-state index contributed by atoms with van der Waals surface area (Å²) >= 11 is 0. The van der Waals surface area contributed by atoms with E-state index in [4.69, 9.17) is 5.73 Å². The molecule has 0 bridgehead atoms. The molecule has 0 heterocycles. The number of halogens is 1. The molecule has 0 aliphatic heterocycles. The van der Waals surface area contributed by atoms with E-state index in [-0.39, 0.29) is 24.4 Å². The highest BCUT2D eigenvalue weighted by Crippen LogP contribution is 2.23. The molecule has 1 fully saturated rings. The van der Waals surface area contributed by atoms with Crippen molar-refractivity contribution in [3.05, 3.63) is 35.9 Å². The van der Waals surface area contributed by atoms with E-state index in [0.29, 0.717) is 18.9 Å². The van der Waals surface area contributed by atoms with E-state index in [1.54, 1.807) is 0 Å². The Bertz CT molecular complexity index is 383. The molecule has 3 nitrogen and oxygen atoms in total. The number of hydrogen-bond acceptors (Lipinski definition) is 2. The third-order valence-electron chi connectivity index (χ3n) is 3.77. The summed E-state index contributed by atoms with van der Waals surface area (Å²) in [5, 5.41) is 3.15. The lowest BCUT2D eigenvalue weighted by molar-refractivity contribution is -0.121. The SMILES string of the molecule is Cl.NCC1CCCCC1NC(=O)Cc1ccccc1. The molecule has 19 heavy (non-hydrogen) atoms. The molecule has 0 saturated heterocycles. The smallest absolute Gasteiger partial charge is 0.224 e. The quantitative estimate of drug-likeness (QED) is 0.890. The molecule has 1 aromatic carbocycles. The van der Waals surface area contributed by atoms with Gasteiger partial charge in [0.25, 0.3) is 0 Å². The van der Waals surface area contributed by atoms with Crippen LogP contribution in [0.2, 0.25) is 0 Å². The summed E-state index contributed by atoms with van der Waals surface area (Å²) in [6, 6.07) is 10.1. The van der Waals surface area contributed by atoms with Gasteiger partial charge in [-0.1, -0.05) is 43.2 Å². The highest BCUT2D eigenvalue weighted by atomic mass is 35.5. The van der Waals surface area contributed by atoms with E-state index in [1.807, 2.05) is 30.3 Å². The minimum Gasteiger partial charge on any atom is -0.353 e. The number of nitrogens with one attached hydrogen (secondary N) is 1. The van der Waals surface area contributed by atoms with Crippen molar-refractivity contribution >= 4 is 18.3 Å². The van der Waals surface area contributed by atoms with Crippen LogP contribution >= 0.6 is 12.4 Å². The minimum absolute atomic E-state index is 0. The summed E-state index contributed by atoms with van der Waals surface area (Å²) < 4.78 is 0. The number of amides is 1. The molecule has 2 unspecified atom stereocenters. The molecule has 0 aromatic heterocycles. The zero-order valence-electron chi connectivity index (χ0n) is 11.2. The Morgan fingerprint density at radius 3 is 2.58 bits per heavy atom. The Hall–Kier alpha value is -1.06. The van der Waals surface area contributed by atoms with E-state index < -0.39 is 0 Å². The largest absolute Gasteiger partial charge is 0.353 e. The Morgan fingerprint density at radius 1 is 1.21 bits per heavy atom. The highest BCUT2D eigenvalue weighted by molar-refractivity contribution is 5.85. The van der Waals surface area contributed by atoms with E-state index in [2.05, 4.69) is 5.32 Å². The van der Waals surface area contributed by atoms with Gasteiger partial charge in [0.1, 0.15) is 0 Å². The maximum absolute atomic E-state index is 12.0. The fraction of sp³-hybridized carbons (Fsp3) is 0.533. The van der Waals surface area contributed by atoms with E-state index in [9.17, 15) is 4.79 Å². The average molecular weight is 283 g/mol. The van der Waals surface area contributed by atoms with Crippen molar-refractivity contribution in [3.8, 4) is 0 Å². The van der Waals surface area contributed by atoms with Crippen LogP contribution in [-0.2, 0) is 11.2 Å². The monoisotopic (exact) mass is 282 g/mol. The number of carbonyl (C=O) groups excluding carboxylic acids is 1. The van der Waals surface area contributed by atoms with Crippen molar-refractivity contribution in [2.24, 2.45) is 11.7 Å². The zero-order valence-corrected chi connectivity index (χ0v) is 12.0. The van der Waals surface area contributed by atoms with Gasteiger partial charge >= 0.3 is 0 Å². The van der Waals surface area contributed by atoms with Gasteiger partial charge < -0.3 is 11.1 Å². The maximum atomic E-state index is 12.0. The Morgan fingerprint density at radius 2 is 1.89 bits per heavy atom. The normalized spacial score (nSPS) is 22.4. The van der Waals surface area contributed by atoms with Crippen molar-refractivity contribution in [1.29, 1.82) is 0 Å². The van der Waals surface area contributed by atoms with Gasteiger partial charge in [0, 0.05) is 6.04 Å². The molecule has 1 aliphatic carbocycles. The van der Waals surface area contributed by atoms with E-state index >= 15 is 0 Å². The minimum atomic E-state index is 0. The second kappa shape index (κ2) is 8.18. The summed E-state index contributed by atoms with van der Waals surface area (Å²) in [7, 11) is 0. The van der Waals surface area contributed by atoms with Crippen LogP contribution in [0.3, 0.4) is 0 Å². The standard InChI is InChI=1S/C15H22N2O.ClH/c16-11-13-8-4-5-9-14(13)17-15(18)10-12-6-2-1-3-7-12;/h1-3,6-7,13-14H,4-5,8-11,16H2,(H,17,18);1H.